The fourth-order valence-corrected chi connectivity index (χ4v) is 7.93. The van der Waals surface area contributed by atoms with E-state index >= 15 is 0 Å². The van der Waals surface area contributed by atoms with Crippen LogP contribution in [0, 0.1) is 5.41 Å². The standard InChI is InChI=1S/C33H40N6O4/c34-22-1-3-23(4-2-22)36-15-9-24(10-16-36)37-17-11-33(12-18-37)13-19-38(20-14-33)25-5-6-26-27(21-25)32(43)39(31(26)42)28-7-8-29(40)35-30(28)41/h1-6,21,24,28H,7-20,34H2,(H,35,40,41). The average molecular weight is 585 g/mol. The molecule has 226 valence electrons. The molecule has 0 bridgehead atoms. The van der Waals surface area contributed by atoms with E-state index in [-0.39, 0.29) is 18.7 Å². The highest BCUT2D eigenvalue weighted by Gasteiger charge is 2.45. The van der Waals surface area contributed by atoms with Crippen LogP contribution < -0.4 is 20.9 Å². The average Bonchev–Trinajstić information content (AvgIpc) is 3.27. The number of fused-ring (bicyclic) bond motifs is 1. The van der Waals surface area contributed by atoms with Crippen molar-refractivity contribution in [1.29, 1.82) is 0 Å². The van der Waals surface area contributed by atoms with Crippen LogP contribution in [0.15, 0.2) is 42.5 Å². The number of anilines is 3. The maximum atomic E-state index is 13.3. The van der Waals surface area contributed by atoms with Crippen LogP contribution >= 0.6 is 0 Å². The number of amides is 4. The number of nitrogens with two attached hydrogens (primary N) is 1. The lowest BCUT2D eigenvalue weighted by Gasteiger charge is -2.50. The van der Waals surface area contributed by atoms with Gasteiger partial charge >= 0.3 is 0 Å². The zero-order valence-electron chi connectivity index (χ0n) is 24.6. The van der Waals surface area contributed by atoms with Gasteiger partial charge in [-0.3, -0.25) is 29.4 Å². The Kier molecular flexibility index (Phi) is 7.12. The maximum absolute atomic E-state index is 13.3. The lowest BCUT2D eigenvalue weighted by atomic mass is 9.71. The second kappa shape index (κ2) is 11.0. The summed E-state index contributed by atoms with van der Waals surface area (Å²) in [5.41, 5.74) is 9.95. The first-order valence-electron chi connectivity index (χ1n) is 15.8. The number of nitrogens with one attached hydrogen (secondary N) is 1. The SMILES string of the molecule is Nc1ccc(N2CCC(N3CCC4(CCN(c5ccc6c(c5)C(=O)N(C5CCC(=O)NC5=O)C6=O)CC4)CC3)CC2)cc1. The number of nitrogens with zero attached hydrogens (tertiary/aromatic N) is 4. The van der Waals surface area contributed by atoms with Crippen molar-refractivity contribution >= 4 is 40.7 Å². The van der Waals surface area contributed by atoms with Crippen LogP contribution in [-0.4, -0.2) is 84.8 Å². The number of hydrogen-bond acceptors (Lipinski definition) is 8. The van der Waals surface area contributed by atoms with Crippen molar-refractivity contribution in [2.75, 3.05) is 54.8 Å². The summed E-state index contributed by atoms with van der Waals surface area (Å²) in [6, 6.07) is 13.4. The number of benzene rings is 2. The number of hydrogen-bond donors (Lipinski definition) is 2. The van der Waals surface area contributed by atoms with Gasteiger partial charge in [-0.2, -0.15) is 0 Å². The molecule has 5 heterocycles. The van der Waals surface area contributed by atoms with Crippen molar-refractivity contribution in [3.05, 3.63) is 53.6 Å². The second-order valence-electron chi connectivity index (χ2n) is 13.0. The van der Waals surface area contributed by atoms with Crippen LogP contribution in [0.1, 0.15) is 72.1 Å². The van der Waals surface area contributed by atoms with Crippen molar-refractivity contribution in [2.45, 2.75) is 63.5 Å². The zero-order chi connectivity index (χ0) is 29.7. The molecule has 0 aromatic heterocycles. The molecule has 4 saturated heterocycles. The first-order chi connectivity index (χ1) is 20.8. The second-order valence-corrected chi connectivity index (χ2v) is 13.0. The quantitative estimate of drug-likeness (QED) is 0.416. The first kappa shape index (κ1) is 27.9. The van der Waals surface area contributed by atoms with E-state index in [9.17, 15) is 19.2 Å². The first-order valence-corrected chi connectivity index (χ1v) is 15.8. The molecule has 0 radical (unpaired) electrons. The molecule has 1 unspecified atom stereocenters. The number of likely N-dealkylation sites (tertiary alicyclic amines) is 1. The van der Waals surface area contributed by atoms with Gasteiger partial charge in [0.05, 0.1) is 11.1 Å². The van der Waals surface area contributed by atoms with Crippen molar-refractivity contribution in [1.82, 2.24) is 15.1 Å². The summed E-state index contributed by atoms with van der Waals surface area (Å²) in [5.74, 6) is -1.86. The number of carbonyl (C=O) groups excluding carboxylic acids is 4. The third-order valence-electron chi connectivity index (χ3n) is 10.7. The van der Waals surface area contributed by atoms with Gasteiger partial charge in [0.1, 0.15) is 6.04 Å². The van der Waals surface area contributed by atoms with Gasteiger partial charge in [-0.05, 0) is 106 Å². The predicted molar refractivity (Wildman–Crippen MR) is 164 cm³/mol. The predicted octanol–water partition coefficient (Wildman–Crippen LogP) is 3.02. The Balaban J connectivity index is 0.927. The molecular weight excluding hydrogens is 544 g/mol. The molecule has 0 aliphatic carbocycles. The number of piperidine rings is 4. The van der Waals surface area contributed by atoms with Gasteiger partial charge in [0.15, 0.2) is 0 Å². The largest absolute Gasteiger partial charge is 0.399 e. The molecule has 4 amide bonds. The van der Waals surface area contributed by atoms with Gasteiger partial charge in [0.25, 0.3) is 11.8 Å². The van der Waals surface area contributed by atoms with Crippen molar-refractivity contribution < 1.29 is 19.2 Å². The summed E-state index contributed by atoms with van der Waals surface area (Å²) in [6.45, 7) is 6.36. The third kappa shape index (κ3) is 5.15. The van der Waals surface area contributed by atoms with Crippen molar-refractivity contribution in [3.63, 3.8) is 0 Å². The van der Waals surface area contributed by atoms with Crippen LogP contribution in [-0.2, 0) is 9.59 Å². The minimum Gasteiger partial charge on any atom is -0.399 e. The van der Waals surface area contributed by atoms with Gasteiger partial charge in [0, 0.05) is 55.7 Å². The summed E-state index contributed by atoms with van der Waals surface area (Å²) < 4.78 is 0. The summed E-state index contributed by atoms with van der Waals surface area (Å²) in [4.78, 5) is 58.9. The lowest BCUT2D eigenvalue weighted by Crippen LogP contribution is -2.54. The Bertz CT molecular complexity index is 1430. The van der Waals surface area contributed by atoms with Crippen LogP contribution in [0.4, 0.5) is 17.1 Å². The molecular formula is C33H40N6O4. The van der Waals surface area contributed by atoms with E-state index in [1.165, 1.54) is 31.4 Å². The minimum atomic E-state index is -0.939. The molecule has 5 aliphatic rings. The topological polar surface area (TPSA) is 119 Å². The highest BCUT2D eigenvalue weighted by Crippen LogP contribution is 2.43. The number of nitrogen functional groups attached to an aromatic ring is 1. The Morgan fingerprint density at radius 2 is 1.30 bits per heavy atom. The molecule has 4 fully saturated rings. The van der Waals surface area contributed by atoms with Gasteiger partial charge < -0.3 is 20.4 Å². The summed E-state index contributed by atoms with van der Waals surface area (Å²) in [5, 5.41) is 2.26. The molecule has 2 aromatic carbocycles. The monoisotopic (exact) mass is 584 g/mol. The number of carbonyl (C=O) groups is 4. The van der Waals surface area contributed by atoms with Gasteiger partial charge in [-0.15, -0.1) is 0 Å². The van der Waals surface area contributed by atoms with E-state index in [0.29, 0.717) is 22.6 Å². The highest BCUT2D eigenvalue weighted by molar-refractivity contribution is 6.23. The van der Waals surface area contributed by atoms with E-state index in [1.807, 2.05) is 24.3 Å². The number of rotatable bonds is 4. The van der Waals surface area contributed by atoms with Crippen molar-refractivity contribution in [3.8, 4) is 0 Å². The van der Waals surface area contributed by atoms with E-state index in [0.717, 1.165) is 68.4 Å². The van der Waals surface area contributed by atoms with Gasteiger partial charge in [0.2, 0.25) is 11.8 Å². The molecule has 1 atom stereocenters. The molecule has 10 heteroatoms. The zero-order valence-corrected chi connectivity index (χ0v) is 24.6. The molecule has 7 rings (SSSR count). The molecule has 0 saturated carbocycles. The highest BCUT2D eigenvalue weighted by atomic mass is 16.2. The fourth-order valence-electron chi connectivity index (χ4n) is 7.93. The molecule has 10 nitrogen and oxygen atoms in total. The van der Waals surface area contributed by atoms with E-state index in [2.05, 4.69) is 32.1 Å². The van der Waals surface area contributed by atoms with Crippen LogP contribution in [0.2, 0.25) is 0 Å². The minimum absolute atomic E-state index is 0.117. The van der Waals surface area contributed by atoms with Gasteiger partial charge in [-0.1, -0.05) is 0 Å². The van der Waals surface area contributed by atoms with Crippen LogP contribution in [0.5, 0.6) is 0 Å². The summed E-state index contributed by atoms with van der Waals surface area (Å²) in [6.07, 6.45) is 7.40. The van der Waals surface area contributed by atoms with Crippen molar-refractivity contribution in [2.24, 2.45) is 5.41 Å². The Hall–Kier alpha value is -3.92. The van der Waals surface area contributed by atoms with E-state index < -0.39 is 23.8 Å². The summed E-state index contributed by atoms with van der Waals surface area (Å²) in [7, 11) is 0. The van der Waals surface area contributed by atoms with E-state index in [4.69, 9.17) is 5.73 Å². The Morgan fingerprint density at radius 3 is 1.98 bits per heavy atom. The molecule has 43 heavy (non-hydrogen) atoms. The molecule has 1 spiro atoms. The van der Waals surface area contributed by atoms with E-state index in [1.54, 1.807) is 6.07 Å². The Labute approximate surface area is 252 Å². The Morgan fingerprint density at radius 1 is 0.698 bits per heavy atom. The number of imide groups is 2. The molecule has 3 N–H and O–H groups in total. The smallest absolute Gasteiger partial charge is 0.262 e. The lowest BCUT2D eigenvalue weighted by molar-refractivity contribution is -0.136. The van der Waals surface area contributed by atoms with Crippen LogP contribution in [0.25, 0.3) is 0 Å². The molecule has 2 aromatic rings. The maximum Gasteiger partial charge on any atom is 0.262 e. The third-order valence-corrected chi connectivity index (χ3v) is 10.7. The normalized spacial score (nSPS) is 24.9. The molecule has 5 aliphatic heterocycles. The van der Waals surface area contributed by atoms with Gasteiger partial charge in [-0.25, -0.2) is 0 Å². The van der Waals surface area contributed by atoms with Crippen LogP contribution in [0.3, 0.4) is 0 Å². The summed E-state index contributed by atoms with van der Waals surface area (Å²) >= 11 is 0. The fraction of sp³-hybridized carbons (Fsp3) is 0.515.